The molecular formula is C31H44N4O6. The number of ether oxygens (including phenoxy) is 1. The predicted molar refractivity (Wildman–Crippen MR) is 153 cm³/mol. The molecule has 41 heavy (non-hydrogen) atoms. The number of rotatable bonds is 11. The molecule has 1 aromatic rings. The van der Waals surface area contributed by atoms with Crippen molar-refractivity contribution >= 4 is 29.4 Å². The van der Waals surface area contributed by atoms with Gasteiger partial charge in [-0.05, 0) is 43.6 Å². The second-order valence-corrected chi connectivity index (χ2v) is 11.6. The Labute approximate surface area is 242 Å². The van der Waals surface area contributed by atoms with E-state index in [1.807, 2.05) is 44.2 Å². The highest BCUT2D eigenvalue weighted by atomic mass is 16.6. The minimum Gasteiger partial charge on any atom is -0.365 e. The van der Waals surface area contributed by atoms with Crippen molar-refractivity contribution < 1.29 is 28.7 Å². The molecule has 3 aliphatic heterocycles. The molecule has 3 N–H and O–H groups in total. The van der Waals surface area contributed by atoms with Crippen LogP contribution in [0.5, 0.6) is 0 Å². The number of carbonyl (C=O) groups is 5. The molecule has 0 saturated carbocycles. The first kappa shape index (κ1) is 30.7. The van der Waals surface area contributed by atoms with Crippen LogP contribution < -0.4 is 16.0 Å². The van der Waals surface area contributed by atoms with E-state index in [1.54, 1.807) is 4.90 Å². The monoisotopic (exact) mass is 568 g/mol. The van der Waals surface area contributed by atoms with E-state index in [0.717, 1.165) is 24.8 Å². The highest BCUT2D eigenvalue weighted by Gasteiger charge is 2.40. The number of nitrogens with one attached hydrogen (secondary N) is 3. The van der Waals surface area contributed by atoms with E-state index in [0.29, 0.717) is 51.7 Å². The summed E-state index contributed by atoms with van der Waals surface area (Å²) in [4.78, 5) is 68.3. The number of hydrogen-bond donors (Lipinski definition) is 3. The van der Waals surface area contributed by atoms with E-state index < -0.39 is 36.0 Å². The second kappa shape index (κ2) is 14.6. The van der Waals surface area contributed by atoms with Gasteiger partial charge in [0, 0.05) is 19.4 Å². The zero-order valence-electron chi connectivity index (χ0n) is 24.2. The molecule has 3 aliphatic rings. The third kappa shape index (κ3) is 8.38. The third-order valence-corrected chi connectivity index (χ3v) is 8.52. The van der Waals surface area contributed by atoms with Gasteiger partial charge in [0.15, 0.2) is 5.78 Å². The minimum absolute atomic E-state index is 0.106. The van der Waals surface area contributed by atoms with Gasteiger partial charge in [-0.3, -0.25) is 24.0 Å². The molecule has 0 aliphatic carbocycles. The maximum absolute atomic E-state index is 13.9. The van der Waals surface area contributed by atoms with Crippen molar-refractivity contribution in [2.24, 2.45) is 5.92 Å². The molecule has 1 aromatic carbocycles. The fourth-order valence-corrected chi connectivity index (χ4v) is 5.67. The minimum atomic E-state index is -0.920. The van der Waals surface area contributed by atoms with Crippen LogP contribution in [0.3, 0.4) is 0 Å². The number of Topliss-reactive ketones (excluding diaryl/α,β-unsaturated/α-hetero) is 1. The van der Waals surface area contributed by atoms with Gasteiger partial charge in [0.05, 0.1) is 6.61 Å². The first-order valence-electron chi connectivity index (χ1n) is 15.2. The number of unbranched alkanes of at least 4 members (excludes halogenated alkanes) is 2. The van der Waals surface area contributed by atoms with E-state index in [2.05, 4.69) is 16.0 Å². The van der Waals surface area contributed by atoms with Crippen molar-refractivity contribution in [3.8, 4) is 0 Å². The molecule has 6 atom stereocenters. The fraction of sp³-hybridized carbons (Fsp3) is 0.645. The Balaban J connectivity index is 1.55. The lowest BCUT2D eigenvalue weighted by atomic mass is 9.93. The van der Waals surface area contributed by atoms with E-state index in [4.69, 9.17) is 4.74 Å². The van der Waals surface area contributed by atoms with Crippen LogP contribution in [0.4, 0.5) is 0 Å². The molecule has 4 rings (SSSR count). The maximum atomic E-state index is 13.9. The van der Waals surface area contributed by atoms with Gasteiger partial charge >= 0.3 is 0 Å². The summed E-state index contributed by atoms with van der Waals surface area (Å²) in [5.74, 6) is -1.48. The van der Waals surface area contributed by atoms with Crippen LogP contribution in [0.15, 0.2) is 30.3 Å². The molecule has 0 unspecified atom stereocenters. The number of hydrogen-bond acceptors (Lipinski definition) is 6. The number of piperidine rings is 1. The predicted octanol–water partition coefficient (Wildman–Crippen LogP) is 2.04. The average molecular weight is 569 g/mol. The Morgan fingerprint density at radius 3 is 2.37 bits per heavy atom. The summed E-state index contributed by atoms with van der Waals surface area (Å²) in [7, 11) is 0. The Hall–Kier alpha value is -3.27. The van der Waals surface area contributed by atoms with Crippen LogP contribution in [-0.2, 0) is 35.1 Å². The Bertz CT molecular complexity index is 1090. The van der Waals surface area contributed by atoms with Crippen LogP contribution >= 0.6 is 0 Å². The zero-order chi connectivity index (χ0) is 29.4. The summed E-state index contributed by atoms with van der Waals surface area (Å²) < 4.78 is 5.04. The molecule has 0 radical (unpaired) electrons. The molecule has 0 aromatic heterocycles. The van der Waals surface area contributed by atoms with Crippen molar-refractivity contribution in [2.45, 2.75) is 108 Å². The summed E-state index contributed by atoms with van der Waals surface area (Å²) in [5, 5.41) is 8.77. The molecule has 3 saturated heterocycles. The standard InChI is InChI=1S/C31H44N4O6/c1-3-20(2)27-31(40)35-17-11-10-15-24(35)30(39)32-22(14-8-5-9-16-25(36)26-19-41-26)28(37)33-23(29(38)34-27)18-21-12-6-4-7-13-21/h4,6-7,12-13,20,22-24,26-27H,3,5,8-11,14-19H2,1-2H3,(H,32,39)(H,33,37)(H,34,38)/t20-,22-,23-,24-,26+,27-/m0/s1. The van der Waals surface area contributed by atoms with Crippen molar-refractivity contribution in [3.05, 3.63) is 35.9 Å². The molecular weight excluding hydrogens is 524 g/mol. The lowest BCUT2D eigenvalue weighted by Gasteiger charge is -2.39. The topological polar surface area (TPSA) is 137 Å². The number of ketones is 1. The largest absolute Gasteiger partial charge is 0.365 e. The molecule has 10 nitrogen and oxygen atoms in total. The van der Waals surface area contributed by atoms with Gasteiger partial charge in [-0.2, -0.15) is 0 Å². The molecule has 3 fully saturated rings. The Morgan fingerprint density at radius 2 is 1.66 bits per heavy atom. The van der Waals surface area contributed by atoms with E-state index in [1.165, 1.54) is 0 Å². The van der Waals surface area contributed by atoms with Gasteiger partial charge in [0.1, 0.15) is 30.3 Å². The lowest BCUT2D eigenvalue weighted by Crippen LogP contribution is -2.64. The van der Waals surface area contributed by atoms with Crippen LogP contribution in [0.2, 0.25) is 0 Å². The van der Waals surface area contributed by atoms with Gasteiger partial charge < -0.3 is 25.6 Å². The molecule has 10 heteroatoms. The quantitative estimate of drug-likeness (QED) is 0.276. The zero-order valence-corrected chi connectivity index (χ0v) is 24.2. The Kier molecular flexibility index (Phi) is 10.9. The van der Waals surface area contributed by atoms with Crippen LogP contribution in [0, 0.1) is 5.92 Å². The molecule has 4 amide bonds. The van der Waals surface area contributed by atoms with Crippen LogP contribution in [0.25, 0.3) is 0 Å². The van der Waals surface area contributed by atoms with Crippen LogP contribution in [0.1, 0.15) is 77.2 Å². The van der Waals surface area contributed by atoms with E-state index >= 15 is 0 Å². The van der Waals surface area contributed by atoms with Gasteiger partial charge in [-0.25, -0.2) is 0 Å². The summed E-state index contributed by atoms with van der Waals surface area (Å²) in [5.41, 5.74) is 0.868. The van der Waals surface area contributed by atoms with Crippen molar-refractivity contribution in [1.82, 2.24) is 20.9 Å². The van der Waals surface area contributed by atoms with Gasteiger partial charge in [0.2, 0.25) is 23.6 Å². The van der Waals surface area contributed by atoms with Gasteiger partial charge in [-0.15, -0.1) is 0 Å². The summed E-state index contributed by atoms with van der Waals surface area (Å²) in [6.45, 7) is 4.82. The van der Waals surface area contributed by atoms with E-state index in [9.17, 15) is 24.0 Å². The number of epoxide rings is 1. The SMILES string of the molecule is CC[C@H](C)[C@@H]1NC(=O)[C@H](Cc2ccccc2)NC(=O)[C@H](CCCCCC(=O)[C@H]2CO2)NC(=O)[C@@H]2CCCCN2C1=O. The van der Waals surface area contributed by atoms with Crippen LogP contribution in [-0.4, -0.2) is 77.7 Å². The summed E-state index contributed by atoms with van der Waals surface area (Å²) in [6, 6.07) is 6.13. The smallest absolute Gasteiger partial charge is 0.246 e. The molecule has 224 valence electrons. The summed E-state index contributed by atoms with van der Waals surface area (Å²) in [6.07, 6.45) is 5.57. The number of benzene rings is 1. The van der Waals surface area contributed by atoms with Gasteiger partial charge in [-0.1, -0.05) is 63.4 Å². The second-order valence-electron chi connectivity index (χ2n) is 11.6. The normalized spacial score (nSPS) is 27.9. The highest BCUT2D eigenvalue weighted by molar-refractivity contribution is 5.97. The van der Waals surface area contributed by atoms with Gasteiger partial charge in [0.25, 0.3) is 0 Å². The number of nitrogens with zero attached hydrogens (tertiary/aromatic N) is 1. The van der Waals surface area contributed by atoms with Crippen molar-refractivity contribution in [1.29, 1.82) is 0 Å². The number of amides is 4. The maximum Gasteiger partial charge on any atom is 0.246 e. The number of fused-ring (bicyclic) bond motifs is 1. The molecule has 3 heterocycles. The lowest BCUT2D eigenvalue weighted by molar-refractivity contribution is -0.147. The fourth-order valence-electron chi connectivity index (χ4n) is 5.67. The summed E-state index contributed by atoms with van der Waals surface area (Å²) >= 11 is 0. The van der Waals surface area contributed by atoms with Crippen molar-refractivity contribution in [2.75, 3.05) is 13.2 Å². The Morgan fingerprint density at radius 1 is 0.951 bits per heavy atom. The molecule has 0 bridgehead atoms. The average Bonchev–Trinajstić information content (AvgIpc) is 3.83. The first-order chi connectivity index (χ1) is 19.8. The first-order valence-corrected chi connectivity index (χ1v) is 15.2. The highest BCUT2D eigenvalue weighted by Crippen LogP contribution is 2.22. The number of carbonyl (C=O) groups excluding carboxylic acids is 5. The molecule has 0 spiro atoms. The van der Waals surface area contributed by atoms with E-state index in [-0.39, 0.29) is 36.0 Å². The van der Waals surface area contributed by atoms with Crippen molar-refractivity contribution in [3.63, 3.8) is 0 Å². The third-order valence-electron chi connectivity index (χ3n) is 8.52.